The van der Waals surface area contributed by atoms with Crippen molar-refractivity contribution in [1.29, 1.82) is 0 Å². The molecule has 2 unspecified atom stereocenters. The molecule has 0 saturated carbocycles. The van der Waals surface area contributed by atoms with Gasteiger partial charge in [0.1, 0.15) is 0 Å². The summed E-state index contributed by atoms with van der Waals surface area (Å²) in [5.74, 6) is 0. The Hall–Kier alpha value is -0.160. The molecule has 4 nitrogen and oxygen atoms in total. The number of rotatable bonds is 4. The molecule has 2 aliphatic heterocycles. The van der Waals surface area contributed by atoms with Gasteiger partial charge in [-0.3, -0.25) is 4.90 Å². The molecule has 2 heterocycles. The van der Waals surface area contributed by atoms with Crippen molar-refractivity contribution in [3.8, 4) is 0 Å². The first kappa shape index (κ1) is 13.3. The average Bonchev–Trinajstić information content (AvgIpc) is 2.40. The van der Waals surface area contributed by atoms with E-state index < -0.39 is 0 Å². The quantitative estimate of drug-likeness (QED) is 0.794. The molecule has 2 fully saturated rings. The number of ether oxygens (including phenoxy) is 2. The molecule has 2 rings (SSSR count). The summed E-state index contributed by atoms with van der Waals surface area (Å²) in [4.78, 5) is 2.51. The summed E-state index contributed by atoms with van der Waals surface area (Å²) in [7, 11) is 0. The number of hydrogen-bond acceptors (Lipinski definition) is 4. The summed E-state index contributed by atoms with van der Waals surface area (Å²) in [6.07, 6.45) is 3.86. The third-order valence-electron chi connectivity index (χ3n) is 4.07. The highest BCUT2D eigenvalue weighted by Crippen LogP contribution is 2.29. The summed E-state index contributed by atoms with van der Waals surface area (Å²) in [5.41, 5.74) is 6.17. The van der Waals surface area contributed by atoms with E-state index in [1.807, 2.05) is 0 Å². The van der Waals surface area contributed by atoms with Gasteiger partial charge in [-0.25, -0.2) is 0 Å². The van der Waals surface area contributed by atoms with Gasteiger partial charge in [0.15, 0.2) is 0 Å². The van der Waals surface area contributed by atoms with Crippen LogP contribution in [0.25, 0.3) is 0 Å². The van der Waals surface area contributed by atoms with Gasteiger partial charge in [-0.05, 0) is 19.3 Å². The van der Waals surface area contributed by atoms with Gasteiger partial charge in [0.05, 0.1) is 19.3 Å². The Balaban J connectivity index is 1.88. The van der Waals surface area contributed by atoms with Crippen molar-refractivity contribution in [3.05, 3.63) is 0 Å². The van der Waals surface area contributed by atoms with Gasteiger partial charge in [0.25, 0.3) is 0 Å². The maximum Gasteiger partial charge on any atom is 0.0700 e. The van der Waals surface area contributed by atoms with E-state index in [2.05, 4.69) is 11.8 Å². The van der Waals surface area contributed by atoms with Gasteiger partial charge in [-0.1, -0.05) is 6.92 Å². The minimum atomic E-state index is 0.188. The first-order valence-electron chi connectivity index (χ1n) is 6.90. The van der Waals surface area contributed by atoms with Gasteiger partial charge < -0.3 is 15.2 Å². The van der Waals surface area contributed by atoms with Crippen molar-refractivity contribution in [3.63, 3.8) is 0 Å². The van der Waals surface area contributed by atoms with Crippen molar-refractivity contribution in [2.24, 2.45) is 11.1 Å². The largest absolute Gasteiger partial charge is 0.381 e. The van der Waals surface area contributed by atoms with Gasteiger partial charge in [0, 0.05) is 38.2 Å². The van der Waals surface area contributed by atoms with Crippen LogP contribution in [-0.2, 0) is 9.47 Å². The van der Waals surface area contributed by atoms with Gasteiger partial charge >= 0.3 is 0 Å². The lowest BCUT2D eigenvalue weighted by Gasteiger charge is -2.42. The molecule has 0 amide bonds. The molecule has 2 aliphatic rings. The second-order valence-corrected chi connectivity index (χ2v) is 5.50. The smallest absolute Gasteiger partial charge is 0.0700 e. The summed E-state index contributed by atoms with van der Waals surface area (Å²) in [5, 5.41) is 0. The van der Waals surface area contributed by atoms with Crippen LogP contribution in [0.2, 0.25) is 0 Å². The molecule has 2 N–H and O–H groups in total. The minimum Gasteiger partial charge on any atom is -0.381 e. The summed E-state index contributed by atoms with van der Waals surface area (Å²) in [6.45, 7) is 8.69. The van der Waals surface area contributed by atoms with Gasteiger partial charge in [-0.15, -0.1) is 0 Å². The molecule has 0 bridgehead atoms. The number of hydrogen-bond donors (Lipinski definition) is 1. The van der Waals surface area contributed by atoms with E-state index in [-0.39, 0.29) is 5.41 Å². The first-order valence-corrected chi connectivity index (χ1v) is 6.90. The fraction of sp³-hybridized carbons (Fsp3) is 1.00. The van der Waals surface area contributed by atoms with Crippen LogP contribution in [0.4, 0.5) is 0 Å². The molecule has 17 heavy (non-hydrogen) atoms. The zero-order valence-corrected chi connectivity index (χ0v) is 11.0. The van der Waals surface area contributed by atoms with Crippen LogP contribution in [-0.4, -0.2) is 57.0 Å². The van der Waals surface area contributed by atoms with Crippen LogP contribution in [0, 0.1) is 5.41 Å². The predicted octanol–water partition coefficient (Wildman–Crippen LogP) is 0.853. The first-order chi connectivity index (χ1) is 8.28. The number of morpholine rings is 1. The maximum atomic E-state index is 5.98. The van der Waals surface area contributed by atoms with E-state index in [9.17, 15) is 0 Å². The van der Waals surface area contributed by atoms with Crippen LogP contribution >= 0.6 is 0 Å². The van der Waals surface area contributed by atoms with Crippen molar-refractivity contribution < 1.29 is 9.47 Å². The highest BCUT2D eigenvalue weighted by atomic mass is 16.5. The van der Waals surface area contributed by atoms with E-state index in [1.54, 1.807) is 0 Å². The maximum absolute atomic E-state index is 5.98. The van der Waals surface area contributed by atoms with E-state index in [0.717, 1.165) is 58.8 Å². The van der Waals surface area contributed by atoms with Crippen LogP contribution in [0.3, 0.4) is 0 Å². The van der Waals surface area contributed by atoms with Crippen LogP contribution in [0.1, 0.15) is 26.2 Å². The SMILES string of the molecule is CCC1CN(CC2(CN)CCCOC2)CCO1. The van der Waals surface area contributed by atoms with E-state index >= 15 is 0 Å². The highest BCUT2D eigenvalue weighted by Gasteiger charge is 2.34. The molecule has 2 saturated heterocycles. The standard InChI is InChI=1S/C13H26N2O2/c1-2-12-8-15(5-7-17-12)10-13(9-14)4-3-6-16-11-13/h12H,2-11,14H2,1H3. The Morgan fingerprint density at radius 1 is 1.41 bits per heavy atom. The van der Waals surface area contributed by atoms with Crippen LogP contribution in [0.5, 0.6) is 0 Å². The average molecular weight is 242 g/mol. The van der Waals surface area contributed by atoms with Gasteiger partial charge in [-0.2, -0.15) is 0 Å². The van der Waals surface area contributed by atoms with Crippen molar-refractivity contribution in [2.75, 3.05) is 46.0 Å². The predicted molar refractivity (Wildman–Crippen MR) is 68.0 cm³/mol. The van der Waals surface area contributed by atoms with Crippen LogP contribution < -0.4 is 5.73 Å². The van der Waals surface area contributed by atoms with Crippen LogP contribution in [0.15, 0.2) is 0 Å². The topological polar surface area (TPSA) is 47.7 Å². The Bertz CT molecular complexity index is 229. The molecule has 0 aliphatic carbocycles. The normalized spacial score (nSPS) is 36.0. The number of nitrogens with zero attached hydrogens (tertiary/aromatic N) is 1. The fourth-order valence-corrected chi connectivity index (χ4v) is 2.91. The molecule has 0 spiro atoms. The third kappa shape index (κ3) is 3.41. The molecule has 0 aromatic heterocycles. The lowest BCUT2D eigenvalue weighted by atomic mass is 9.82. The molecular formula is C13H26N2O2. The Morgan fingerprint density at radius 3 is 2.94 bits per heavy atom. The molecule has 0 aromatic carbocycles. The summed E-state index contributed by atoms with van der Waals surface area (Å²) >= 11 is 0. The third-order valence-corrected chi connectivity index (χ3v) is 4.07. The lowest BCUT2D eigenvalue weighted by Crippen LogP contribution is -2.52. The van der Waals surface area contributed by atoms with E-state index in [0.29, 0.717) is 6.10 Å². The number of nitrogens with two attached hydrogens (primary N) is 1. The minimum absolute atomic E-state index is 0.188. The molecule has 100 valence electrons. The summed E-state index contributed by atoms with van der Waals surface area (Å²) < 4.78 is 11.3. The Morgan fingerprint density at radius 2 is 2.29 bits per heavy atom. The zero-order chi connectivity index (χ0) is 12.1. The second-order valence-electron chi connectivity index (χ2n) is 5.50. The molecule has 4 heteroatoms. The molecule has 2 atom stereocenters. The Kier molecular flexibility index (Phi) is 4.79. The highest BCUT2D eigenvalue weighted by molar-refractivity contribution is 4.87. The second kappa shape index (κ2) is 6.14. The Labute approximate surface area is 104 Å². The monoisotopic (exact) mass is 242 g/mol. The van der Waals surface area contributed by atoms with E-state index in [1.165, 1.54) is 6.42 Å². The van der Waals surface area contributed by atoms with Crippen molar-refractivity contribution in [2.45, 2.75) is 32.3 Å². The van der Waals surface area contributed by atoms with Crippen molar-refractivity contribution in [1.82, 2.24) is 4.90 Å². The molecular weight excluding hydrogens is 216 g/mol. The fourth-order valence-electron chi connectivity index (χ4n) is 2.91. The summed E-state index contributed by atoms with van der Waals surface area (Å²) in [6, 6.07) is 0. The van der Waals surface area contributed by atoms with E-state index in [4.69, 9.17) is 15.2 Å². The lowest BCUT2D eigenvalue weighted by molar-refractivity contribution is -0.0672. The molecule has 0 aromatic rings. The van der Waals surface area contributed by atoms with Crippen molar-refractivity contribution >= 4 is 0 Å². The molecule has 0 radical (unpaired) electrons. The zero-order valence-electron chi connectivity index (χ0n) is 11.0. The van der Waals surface area contributed by atoms with Gasteiger partial charge in [0.2, 0.25) is 0 Å².